The number of H-pyrrole nitrogens is 1. The van der Waals surface area contributed by atoms with Gasteiger partial charge in [0.15, 0.2) is 5.82 Å². The molecule has 0 spiro atoms. The Hall–Kier alpha value is -2.08. The third-order valence-corrected chi connectivity index (χ3v) is 2.28. The molecule has 2 heterocycles. The number of aromatic nitrogens is 3. The van der Waals surface area contributed by atoms with Crippen LogP contribution in [-0.4, -0.2) is 21.6 Å². The molecule has 0 fully saturated rings. The number of hydrogen-bond donors (Lipinski definition) is 1. The summed E-state index contributed by atoms with van der Waals surface area (Å²) in [7, 11) is 0. The molecule has 0 bridgehead atoms. The highest BCUT2D eigenvalue weighted by atomic mass is 19.1. The van der Waals surface area contributed by atoms with Crippen molar-refractivity contribution in [1.29, 1.82) is 0 Å². The van der Waals surface area contributed by atoms with Crippen LogP contribution in [0.1, 0.15) is 12.7 Å². The summed E-state index contributed by atoms with van der Waals surface area (Å²) in [6.45, 7) is 2.54. The topological polar surface area (TPSA) is 67.9 Å². The summed E-state index contributed by atoms with van der Waals surface area (Å²) in [4.78, 5) is 21.8. The standard InChI is InChI=1S/C12H12FN3O2/c1-2-18-7-11-15-10(5-12(17)16-11)8-3-4-14-6-9(8)13/h3-6H,2,7H2,1H3,(H,15,16,17). The van der Waals surface area contributed by atoms with Gasteiger partial charge in [-0.05, 0) is 13.0 Å². The summed E-state index contributed by atoms with van der Waals surface area (Å²) >= 11 is 0. The first kappa shape index (κ1) is 12.4. The summed E-state index contributed by atoms with van der Waals surface area (Å²) in [6, 6.07) is 2.72. The van der Waals surface area contributed by atoms with Crippen LogP contribution in [0.2, 0.25) is 0 Å². The third kappa shape index (κ3) is 2.78. The van der Waals surface area contributed by atoms with Crippen molar-refractivity contribution in [1.82, 2.24) is 15.0 Å². The van der Waals surface area contributed by atoms with Crippen molar-refractivity contribution >= 4 is 0 Å². The largest absolute Gasteiger partial charge is 0.374 e. The second-order valence-corrected chi connectivity index (χ2v) is 3.57. The quantitative estimate of drug-likeness (QED) is 0.891. The van der Waals surface area contributed by atoms with Gasteiger partial charge in [0.1, 0.15) is 12.4 Å². The van der Waals surface area contributed by atoms with Crippen LogP contribution in [0.15, 0.2) is 29.3 Å². The van der Waals surface area contributed by atoms with E-state index in [-0.39, 0.29) is 23.4 Å². The SMILES string of the molecule is CCOCc1nc(-c2ccncc2F)cc(=O)[nH]1. The minimum atomic E-state index is -0.516. The summed E-state index contributed by atoms with van der Waals surface area (Å²) in [5.41, 5.74) is 0.174. The normalized spacial score (nSPS) is 10.6. The zero-order valence-corrected chi connectivity index (χ0v) is 9.81. The molecule has 0 atom stereocenters. The van der Waals surface area contributed by atoms with Crippen molar-refractivity contribution in [3.8, 4) is 11.3 Å². The van der Waals surface area contributed by atoms with Gasteiger partial charge in [0.05, 0.1) is 11.9 Å². The van der Waals surface area contributed by atoms with Gasteiger partial charge in [-0.2, -0.15) is 0 Å². The van der Waals surface area contributed by atoms with Crippen molar-refractivity contribution in [3.63, 3.8) is 0 Å². The second-order valence-electron chi connectivity index (χ2n) is 3.57. The molecule has 0 aliphatic rings. The van der Waals surface area contributed by atoms with Crippen LogP contribution in [0.5, 0.6) is 0 Å². The van der Waals surface area contributed by atoms with Gasteiger partial charge in [-0.1, -0.05) is 0 Å². The number of aromatic amines is 1. The van der Waals surface area contributed by atoms with Crippen molar-refractivity contribution in [2.45, 2.75) is 13.5 Å². The second kappa shape index (κ2) is 5.50. The Bertz CT molecular complexity index is 598. The first-order valence-electron chi connectivity index (χ1n) is 5.48. The maximum Gasteiger partial charge on any atom is 0.251 e. The number of hydrogen-bond acceptors (Lipinski definition) is 4. The predicted octanol–water partition coefficient (Wildman–Crippen LogP) is 1.51. The van der Waals surface area contributed by atoms with Gasteiger partial charge in [-0.25, -0.2) is 9.37 Å². The number of nitrogens with one attached hydrogen (secondary N) is 1. The smallest absolute Gasteiger partial charge is 0.251 e. The maximum atomic E-state index is 13.5. The lowest BCUT2D eigenvalue weighted by atomic mass is 10.2. The van der Waals surface area contributed by atoms with Gasteiger partial charge in [0.2, 0.25) is 0 Å². The lowest BCUT2D eigenvalue weighted by molar-refractivity contribution is 0.128. The lowest BCUT2D eigenvalue weighted by Crippen LogP contribution is -2.12. The van der Waals surface area contributed by atoms with Gasteiger partial charge >= 0.3 is 0 Å². The Kier molecular flexibility index (Phi) is 3.78. The molecule has 0 aromatic carbocycles. The molecule has 1 N–H and O–H groups in total. The maximum absolute atomic E-state index is 13.5. The minimum absolute atomic E-state index is 0.187. The molecule has 2 rings (SSSR count). The van der Waals surface area contributed by atoms with E-state index in [2.05, 4.69) is 15.0 Å². The molecule has 0 amide bonds. The molecule has 6 heteroatoms. The molecule has 0 saturated heterocycles. The van der Waals surface area contributed by atoms with Gasteiger partial charge in [-0.3, -0.25) is 9.78 Å². The molecule has 0 unspecified atom stereocenters. The van der Waals surface area contributed by atoms with E-state index in [0.717, 1.165) is 6.20 Å². The number of pyridine rings is 1. The summed E-state index contributed by atoms with van der Waals surface area (Å²) in [5.74, 6) is -0.145. The Morgan fingerprint density at radius 1 is 1.50 bits per heavy atom. The number of ether oxygens (including phenoxy) is 1. The highest BCUT2D eigenvalue weighted by Gasteiger charge is 2.08. The number of rotatable bonds is 4. The van der Waals surface area contributed by atoms with Crippen LogP contribution in [0, 0.1) is 5.82 Å². The van der Waals surface area contributed by atoms with Gasteiger partial charge < -0.3 is 9.72 Å². The van der Waals surface area contributed by atoms with E-state index in [0.29, 0.717) is 12.4 Å². The zero-order valence-electron chi connectivity index (χ0n) is 9.81. The molecule has 2 aromatic rings. The van der Waals surface area contributed by atoms with Gasteiger partial charge in [-0.15, -0.1) is 0 Å². The first-order chi connectivity index (χ1) is 8.70. The Labute approximate surface area is 103 Å². The van der Waals surface area contributed by atoms with E-state index in [1.54, 1.807) is 0 Å². The van der Waals surface area contributed by atoms with Crippen molar-refractivity contribution in [3.05, 3.63) is 46.5 Å². The van der Waals surface area contributed by atoms with Crippen LogP contribution < -0.4 is 5.56 Å². The highest BCUT2D eigenvalue weighted by Crippen LogP contribution is 2.17. The van der Waals surface area contributed by atoms with E-state index in [9.17, 15) is 9.18 Å². The number of nitrogens with zero attached hydrogens (tertiary/aromatic N) is 2. The van der Waals surface area contributed by atoms with Gasteiger partial charge in [0.25, 0.3) is 5.56 Å². The van der Waals surface area contributed by atoms with E-state index in [1.165, 1.54) is 18.3 Å². The number of halogens is 1. The van der Waals surface area contributed by atoms with E-state index >= 15 is 0 Å². The molecule has 5 nitrogen and oxygen atoms in total. The summed E-state index contributed by atoms with van der Waals surface area (Å²) < 4.78 is 18.7. The third-order valence-electron chi connectivity index (χ3n) is 2.28. The Balaban J connectivity index is 2.42. The fourth-order valence-corrected chi connectivity index (χ4v) is 1.50. The van der Waals surface area contributed by atoms with Crippen LogP contribution in [-0.2, 0) is 11.3 Å². The Morgan fingerprint density at radius 3 is 3.06 bits per heavy atom. The highest BCUT2D eigenvalue weighted by molar-refractivity contribution is 5.58. The zero-order chi connectivity index (χ0) is 13.0. The molecular formula is C12H12FN3O2. The fraction of sp³-hybridized carbons (Fsp3) is 0.250. The van der Waals surface area contributed by atoms with Crippen molar-refractivity contribution in [2.75, 3.05) is 6.61 Å². The first-order valence-corrected chi connectivity index (χ1v) is 5.48. The Morgan fingerprint density at radius 2 is 2.33 bits per heavy atom. The van der Waals surface area contributed by atoms with E-state index in [1.807, 2.05) is 6.92 Å². The fourth-order valence-electron chi connectivity index (χ4n) is 1.50. The average Bonchev–Trinajstić information content (AvgIpc) is 2.36. The molecule has 0 radical (unpaired) electrons. The lowest BCUT2D eigenvalue weighted by Gasteiger charge is -2.05. The molecular weight excluding hydrogens is 237 g/mol. The summed E-state index contributed by atoms with van der Waals surface area (Å²) in [5, 5.41) is 0. The predicted molar refractivity (Wildman–Crippen MR) is 63.4 cm³/mol. The van der Waals surface area contributed by atoms with Crippen molar-refractivity contribution in [2.24, 2.45) is 0 Å². The molecule has 94 valence electrons. The minimum Gasteiger partial charge on any atom is -0.374 e. The van der Waals surface area contributed by atoms with E-state index in [4.69, 9.17) is 4.74 Å². The van der Waals surface area contributed by atoms with E-state index < -0.39 is 5.82 Å². The van der Waals surface area contributed by atoms with Crippen molar-refractivity contribution < 1.29 is 9.13 Å². The van der Waals surface area contributed by atoms with Gasteiger partial charge in [0, 0.05) is 24.4 Å². The van der Waals surface area contributed by atoms with Crippen LogP contribution >= 0.6 is 0 Å². The van der Waals surface area contributed by atoms with Crippen LogP contribution in [0.25, 0.3) is 11.3 Å². The monoisotopic (exact) mass is 249 g/mol. The van der Waals surface area contributed by atoms with Crippen LogP contribution in [0.3, 0.4) is 0 Å². The molecule has 18 heavy (non-hydrogen) atoms. The molecule has 0 aliphatic carbocycles. The molecule has 0 aliphatic heterocycles. The molecule has 2 aromatic heterocycles. The average molecular weight is 249 g/mol. The van der Waals surface area contributed by atoms with Crippen LogP contribution in [0.4, 0.5) is 4.39 Å². The summed E-state index contributed by atoms with van der Waals surface area (Å²) in [6.07, 6.45) is 2.53. The molecule has 0 saturated carbocycles.